The lowest BCUT2D eigenvalue weighted by molar-refractivity contribution is -0.0633. The minimum Gasteiger partial charge on any atom is -0.394 e. The summed E-state index contributed by atoms with van der Waals surface area (Å²) in [7, 11) is -15.9. The van der Waals surface area contributed by atoms with E-state index in [4.69, 9.17) is 57.6 Å². The maximum absolute atomic E-state index is 13.9. The number of hydrogen-bond acceptors (Lipinski definition) is 26. The lowest BCUT2D eigenvalue weighted by Crippen LogP contribution is -2.33. The average Bonchev–Trinajstić information content (AvgIpc) is 4.32. The van der Waals surface area contributed by atoms with Crippen LogP contribution >= 0.6 is 23.5 Å². The Kier molecular flexibility index (Phi) is 16.4. The standard InChI is InChI=1S/C39H51N12O24P3/c1-16-9-49(38(58)46-33(16)54)27-5-18(53)23(70-27)12-66-76(60,61)75-21-8-30(51-15-42-31-32(51)44-36(41)45-35(31)56)72-25(21)14-68-78(64,65)74-20-7-29(50-10-17(2)34(55)47-39(50)59)71-24(20)13-67-77(62,63)73-19-6-28(69-22(19)11-52)48-4-3-26(40)43-37(48)57/h3-4,9-10,15,18-25,27-30,52-53H,5-8,11-14H2,1-2H3,(H,60,61)(H,62,63)(H,64,65)(H2,40,43,57)(H,46,54,58)(H,47,55,59)(H3,41,44,45,56)/t18-,19-,20-,21-,22+,23+,24+,25+,27+,28+,29+,30+/m0/s1. The van der Waals surface area contributed by atoms with E-state index in [1.54, 1.807) is 0 Å². The maximum Gasteiger partial charge on any atom is 0.472 e. The van der Waals surface area contributed by atoms with Crippen molar-refractivity contribution in [2.45, 2.75) is 113 Å². The van der Waals surface area contributed by atoms with E-state index in [9.17, 15) is 67.4 Å². The fraction of sp³-hybridized carbons (Fsp3) is 0.564. The van der Waals surface area contributed by atoms with Gasteiger partial charge in [-0.1, -0.05) is 0 Å². The molecule has 39 heteroatoms. The summed E-state index contributed by atoms with van der Waals surface area (Å²) in [6.45, 7) is -0.676. The Hall–Kier alpha value is -5.72. The number of nitrogens with zero attached hydrogens (tertiary/aromatic N) is 7. The van der Waals surface area contributed by atoms with Crippen LogP contribution < -0.4 is 45.2 Å². The number of nitrogens with one attached hydrogen (secondary N) is 3. The van der Waals surface area contributed by atoms with Gasteiger partial charge in [0.1, 0.15) is 73.5 Å². The lowest BCUT2D eigenvalue weighted by atomic mass is 10.2. The number of rotatable bonds is 20. The Labute approximate surface area is 434 Å². The molecule has 12 N–H and O–H groups in total. The zero-order valence-corrected chi connectivity index (χ0v) is 43.3. The van der Waals surface area contributed by atoms with Gasteiger partial charge in [0.2, 0.25) is 5.95 Å². The molecule has 4 aliphatic rings. The highest BCUT2D eigenvalue weighted by Gasteiger charge is 2.48. The molecule has 4 aliphatic heterocycles. The molecular weight excluding hydrogens is 1110 g/mol. The molecule has 0 radical (unpaired) electrons. The summed E-state index contributed by atoms with van der Waals surface area (Å²) >= 11 is 0. The Morgan fingerprint density at radius 1 is 0.628 bits per heavy atom. The molecule has 5 aromatic heterocycles. The fourth-order valence-electron chi connectivity index (χ4n) is 8.95. The summed E-state index contributed by atoms with van der Waals surface area (Å²) in [5, 5.41) is 20.7. The molecule has 5 aromatic rings. The first-order chi connectivity index (χ1) is 36.8. The van der Waals surface area contributed by atoms with Crippen LogP contribution in [-0.2, 0) is 59.8 Å². The maximum atomic E-state index is 13.9. The molecule has 9 heterocycles. The van der Waals surface area contributed by atoms with Crippen molar-refractivity contribution in [1.82, 2.24) is 48.2 Å². The van der Waals surface area contributed by atoms with Crippen molar-refractivity contribution in [2.24, 2.45) is 0 Å². The second kappa shape index (κ2) is 22.4. The van der Waals surface area contributed by atoms with E-state index in [0.717, 1.165) is 26.2 Å². The van der Waals surface area contributed by atoms with Crippen molar-refractivity contribution in [3.8, 4) is 0 Å². The molecule has 0 amide bonds. The van der Waals surface area contributed by atoms with Gasteiger partial charge in [-0.3, -0.25) is 74.7 Å². The summed E-state index contributed by atoms with van der Waals surface area (Å²) in [5.41, 5.74) is 6.46. The number of ether oxygens (including phenoxy) is 4. The number of imidazole rings is 1. The van der Waals surface area contributed by atoms with Gasteiger partial charge in [-0.2, -0.15) is 9.97 Å². The number of aliphatic hydroxyl groups is 2. The van der Waals surface area contributed by atoms with Gasteiger partial charge in [-0.15, -0.1) is 0 Å². The van der Waals surface area contributed by atoms with Gasteiger partial charge in [0.15, 0.2) is 11.2 Å². The molecule has 0 saturated carbocycles. The quantitative estimate of drug-likeness (QED) is 0.0354. The minimum absolute atomic E-state index is 0.0420. The summed E-state index contributed by atoms with van der Waals surface area (Å²) < 4.78 is 101. The van der Waals surface area contributed by atoms with E-state index >= 15 is 0 Å². The van der Waals surface area contributed by atoms with Crippen molar-refractivity contribution in [3.63, 3.8) is 0 Å². The van der Waals surface area contributed by atoms with Crippen LogP contribution in [0.5, 0.6) is 0 Å². The Bertz CT molecular complexity index is 3580. The van der Waals surface area contributed by atoms with Crippen LogP contribution in [0.1, 0.15) is 61.7 Å². The fourth-order valence-corrected chi connectivity index (χ4v) is 11.8. The molecule has 0 spiro atoms. The summed E-state index contributed by atoms with van der Waals surface area (Å²) in [6.07, 6.45) is -13.3. The Morgan fingerprint density at radius 2 is 1.08 bits per heavy atom. The van der Waals surface area contributed by atoms with Crippen molar-refractivity contribution >= 4 is 46.4 Å². The number of aliphatic hydroxyl groups excluding tert-OH is 2. The predicted molar refractivity (Wildman–Crippen MR) is 257 cm³/mol. The Morgan fingerprint density at radius 3 is 1.59 bits per heavy atom. The van der Waals surface area contributed by atoms with Gasteiger partial charge in [0.25, 0.3) is 16.7 Å². The molecule has 9 rings (SSSR count). The van der Waals surface area contributed by atoms with E-state index in [2.05, 4.69) is 29.9 Å². The molecule has 4 fully saturated rings. The highest BCUT2D eigenvalue weighted by atomic mass is 31.2. The molecule has 4 saturated heterocycles. The highest BCUT2D eigenvalue weighted by Crippen LogP contribution is 2.53. The lowest BCUT2D eigenvalue weighted by Gasteiger charge is -2.25. The number of phosphoric acid groups is 3. The van der Waals surface area contributed by atoms with Crippen LogP contribution in [0.4, 0.5) is 11.8 Å². The summed E-state index contributed by atoms with van der Waals surface area (Å²) in [4.78, 5) is 126. The topological polar surface area (TPSA) is 505 Å². The van der Waals surface area contributed by atoms with Crippen molar-refractivity contribution in [3.05, 3.63) is 105 Å². The smallest absolute Gasteiger partial charge is 0.394 e. The first-order valence-corrected chi connectivity index (χ1v) is 27.8. The van der Waals surface area contributed by atoms with E-state index < -0.39 is 170 Å². The van der Waals surface area contributed by atoms with Crippen LogP contribution in [0.15, 0.2) is 59.8 Å². The summed E-state index contributed by atoms with van der Waals surface area (Å²) in [5.74, 6) is -0.408. The van der Waals surface area contributed by atoms with Gasteiger partial charge in [-0.05, 0) is 19.9 Å². The van der Waals surface area contributed by atoms with Crippen LogP contribution in [-0.4, -0.2) is 148 Å². The molecule has 3 unspecified atom stereocenters. The van der Waals surface area contributed by atoms with Crippen LogP contribution in [0.2, 0.25) is 0 Å². The third-order valence-corrected chi connectivity index (χ3v) is 15.8. The molecule has 0 bridgehead atoms. The third kappa shape index (κ3) is 12.7. The number of aromatic amines is 3. The zero-order chi connectivity index (χ0) is 56.2. The predicted octanol–water partition coefficient (Wildman–Crippen LogP) is -2.73. The summed E-state index contributed by atoms with van der Waals surface area (Å²) in [6, 6.07) is 1.30. The zero-order valence-electron chi connectivity index (χ0n) is 40.6. The van der Waals surface area contributed by atoms with Crippen LogP contribution in [0.25, 0.3) is 11.2 Å². The molecule has 36 nitrogen and oxygen atoms in total. The number of H-pyrrole nitrogens is 3. The van der Waals surface area contributed by atoms with Gasteiger partial charge in [-0.25, -0.2) is 33.1 Å². The van der Waals surface area contributed by atoms with Crippen LogP contribution in [0, 0.1) is 13.8 Å². The molecule has 426 valence electrons. The van der Waals surface area contributed by atoms with E-state index in [1.807, 2.05) is 0 Å². The number of nitrogen functional groups attached to an aromatic ring is 2. The number of anilines is 2. The van der Waals surface area contributed by atoms with E-state index in [0.29, 0.717) is 0 Å². The average molecular weight is 1160 g/mol. The van der Waals surface area contributed by atoms with E-state index in [1.165, 1.54) is 36.9 Å². The van der Waals surface area contributed by atoms with Gasteiger partial charge in [0, 0.05) is 55.4 Å². The van der Waals surface area contributed by atoms with Crippen molar-refractivity contribution in [2.75, 3.05) is 37.9 Å². The van der Waals surface area contributed by atoms with Gasteiger partial charge < -0.3 is 55.3 Å². The number of nitrogens with two attached hydrogens (primary N) is 2. The van der Waals surface area contributed by atoms with Crippen molar-refractivity contribution < 1.29 is 84.7 Å². The monoisotopic (exact) mass is 1160 g/mol. The minimum atomic E-state index is -5.42. The molecule has 15 atom stereocenters. The number of aromatic nitrogens is 10. The molecule has 0 aromatic carbocycles. The molecular formula is C39H51N12O24P3. The normalized spacial score (nSPS) is 29.7. The Balaban J connectivity index is 0.900. The molecule has 78 heavy (non-hydrogen) atoms. The SMILES string of the molecule is Cc1cn([C@H]2C[C@H](OP(=O)(O)OC[C@H]3O[C@@H](n4cnc5c(=O)[nH]c(N)nc54)C[C@@H]3OP(=O)(O)OC[C@H]3O[C@@H](n4cc(C)c(=O)[nH]c4=O)C[C@@H]3O)[C@@H](COP(=O)(O)O[C@H]3C[C@H](n4ccc(N)nc4=O)O[C@@H]3CO)O2)c(=O)[nH]c1=O. The number of phosphoric ester groups is 3. The second-order valence-corrected chi connectivity index (χ2v) is 22.4. The van der Waals surface area contributed by atoms with Gasteiger partial charge >= 0.3 is 40.5 Å². The van der Waals surface area contributed by atoms with Gasteiger partial charge in [0.05, 0.1) is 38.9 Å². The first-order valence-electron chi connectivity index (χ1n) is 23.3. The molecule has 0 aliphatic carbocycles. The third-order valence-electron chi connectivity index (χ3n) is 12.8. The van der Waals surface area contributed by atoms with E-state index in [-0.39, 0.29) is 46.9 Å². The van der Waals surface area contributed by atoms with Crippen molar-refractivity contribution in [1.29, 1.82) is 0 Å². The largest absolute Gasteiger partial charge is 0.472 e. The number of hydrogen-bond donors (Lipinski definition) is 10. The number of aryl methyl sites for hydroxylation is 2. The highest BCUT2D eigenvalue weighted by molar-refractivity contribution is 7.48. The van der Waals surface area contributed by atoms with Crippen LogP contribution in [0.3, 0.4) is 0 Å². The first kappa shape index (κ1) is 57.0. The second-order valence-electron chi connectivity index (χ2n) is 18.2. The number of fused-ring (bicyclic) bond motifs is 1.